The average molecular weight is 179 g/mol. The molecule has 0 bridgehead atoms. The zero-order valence-corrected chi connectivity index (χ0v) is 8.83. The van der Waals surface area contributed by atoms with Gasteiger partial charge in [0.15, 0.2) is 5.82 Å². The van der Waals surface area contributed by atoms with Gasteiger partial charge in [0.25, 0.3) is 0 Å². The molecule has 3 nitrogen and oxygen atoms in total. The minimum absolute atomic E-state index is 0.775. The van der Waals surface area contributed by atoms with Gasteiger partial charge in [0.2, 0.25) is 0 Å². The number of aryl methyl sites for hydroxylation is 2. The molecule has 0 radical (unpaired) electrons. The summed E-state index contributed by atoms with van der Waals surface area (Å²) in [7, 11) is 1.84. The topological polar surface area (TPSA) is 30.2 Å². The van der Waals surface area contributed by atoms with Gasteiger partial charge in [-0.15, -0.1) is 0 Å². The molecule has 0 N–H and O–H groups in total. The molecule has 0 amide bonds. The van der Waals surface area contributed by atoms with E-state index in [0.29, 0.717) is 0 Å². The molecule has 1 rings (SSSR count). The van der Waals surface area contributed by atoms with Crippen molar-refractivity contribution < 1.29 is 0 Å². The molecule has 0 aromatic carbocycles. The summed E-state index contributed by atoms with van der Waals surface area (Å²) in [6.07, 6.45) is 1.74. The van der Waals surface area contributed by atoms with Crippen molar-refractivity contribution in [1.29, 1.82) is 0 Å². The molecule has 0 unspecified atom stereocenters. The van der Waals surface area contributed by atoms with Crippen LogP contribution in [0.2, 0.25) is 0 Å². The molecule has 1 aromatic rings. The van der Waals surface area contributed by atoms with Crippen molar-refractivity contribution in [2.75, 3.05) is 0 Å². The summed E-state index contributed by atoms with van der Waals surface area (Å²) in [6, 6.07) is 0. The van der Waals surface area contributed by atoms with Gasteiger partial charge in [-0.05, 0) is 13.6 Å². The summed E-state index contributed by atoms with van der Waals surface area (Å²) >= 11 is 0. The van der Waals surface area contributed by atoms with E-state index in [2.05, 4.69) is 23.4 Å². The first-order valence-corrected chi connectivity index (χ1v) is 4.33. The van der Waals surface area contributed by atoms with Crippen molar-refractivity contribution in [3.63, 3.8) is 0 Å². The van der Waals surface area contributed by atoms with Crippen LogP contribution in [-0.4, -0.2) is 16.5 Å². The number of hydrogen-bond acceptors (Lipinski definition) is 2. The number of aliphatic imine (C=N–C) groups is 1. The van der Waals surface area contributed by atoms with Crippen LogP contribution in [0.5, 0.6) is 0 Å². The lowest BCUT2D eigenvalue weighted by Crippen LogP contribution is -1.88. The smallest absolute Gasteiger partial charge is 0.157 e. The largest absolute Gasteiger partial charge is 0.250 e. The highest BCUT2D eigenvalue weighted by Gasteiger charge is 2.06. The van der Waals surface area contributed by atoms with Crippen molar-refractivity contribution in [2.45, 2.75) is 20.8 Å². The lowest BCUT2D eigenvalue weighted by atomic mass is 10.2. The number of hydrogen-bond donors (Lipinski definition) is 0. The molecule has 0 aliphatic carbocycles. The zero-order chi connectivity index (χ0) is 10.4. The van der Waals surface area contributed by atoms with Gasteiger partial charge in [-0.2, -0.15) is 5.10 Å². The maximum Gasteiger partial charge on any atom is 0.157 e. The maximum atomic E-state index is 4.16. The average Bonchev–Trinajstić information content (AvgIpc) is 2.43. The van der Waals surface area contributed by atoms with Gasteiger partial charge >= 0.3 is 0 Å². The standard InChI is InChI=1S/C8H11N3.C2H6/c1-5-7-6(2)10-11(4)8(7)9-3;1-2/h5H,1,3H2,2,4H3;1-2H3. The van der Waals surface area contributed by atoms with Crippen molar-refractivity contribution in [3.05, 3.63) is 17.8 Å². The van der Waals surface area contributed by atoms with E-state index in [1.54, 1.807) is 10.8 Å². The second-order valence-electron chi connectivity index (χ2n) is 2.31. The van der Waals surface area contributed by atoms with Crippen LogP contribution in [0.1, 0.15) is 25.1 Å². The zero-order valence-electron chi connectivity index (χ0n) is 8.83. The number of nitrogens with zero attached hydrogens (tertiary/aromatic N) is 3. The Bertz CT molecular complexity index is 269. The Hall–Kier alpha value is -1.38. The SMILES string of the molecule is C=Cc1c(C)nn(C)c1N=C.CC. The highest BCUT2D eigenvalue weighted by Crippen LogP contribution is 2.21. The summed E-state index contributed by atoms with van der Waals surface area (Å²) in [5.41, 5.74) is 1.90. The summed E-state index contributed by atoms with van der Waals surface area (Å²) in [5, 5.41) is 4.16. The Morgan fingerprint density at radius 1 is 1.46 bits per heavy atom. The third kappa shape index (κ3) is 2.28. The van der Waals surface area contributed by atoms with Crippen LogP contribution in [0.15, 0.2) is 11.6 Å². The quantitative estimate of drug-likeness (QED) is 0.642. The first-order valence-electron chi connectivity index (χ1n) is 4.33. The lowest BCUT2D eigenvalue weighted by molar-refractivity contribution is 0.760. The fraction of sp³-hybridized carbons (Fsp3) is 0.400. The van der Waals surface area contributed by atoms with Crippen molar-refractivity contribution in [2.24, 2.45) is 12.0 Å². The lowest BCUT2D eigenvalue weighted by Gasteiger charge is -1.92. The fourth-order valence-electron chi connectivity index (χ4n) is 1.09. The van der Waals surface area contributed by atoms with Crippen LogP contribution in [-0.2, 0) is 7.05 Å². The second-order valence-corrected chi connectivity index (χ2v) is 2.31. The molecule has 72 valence electrons. The van der Waals surface area contributed by atoms with Crippen LogP contribution in [0.25, 0.3) is 6.08 Å². The number of aromatic nitrogens is 2. The summed E-state index contributed by atoms with van der Waals surface area (Å²) in [6.45, 7) is 13.0. The van der Waals surface area contributed by atoms with Crippen molar-refractivity contribution >= 4 is 18.6 Å². The number of rotatable bonds is 2. The van der Waals surface area contributed by atoms with Gasteiger partial charge in [-0.3, -0.25) is 4.68 Å². The molecule has 1 heterocycles. The van der Waals surface area contributed by atoms with Crippen LogP contribution < -0.4 is 0 Å². The van der Waals surface area contributed by atoms with E-state index >= 15 is 0 Å². The summed E-state index contributed by atoms with van der Waals surface area (Å²) < 4.78 is 1.69. The van der Waals surface area contributed by atoms with Crippen molar-refractivity contribution in [1.82, 2.24) is 9.78 Å². The maximum absolute atomic E-state index is 4.16. The molecule has 0 saturated carbocycles. The van der Waals surface area contributed by atoms with Gasteiger partial charge in [-0.25, -0.2) is 4.99 Å². The predicted molar refractivity (Wildman–Crippen MR) is 58.6 cm³/mol. The minimum atomic E-state index is 0.775. The normalized spacial score (nSPS) is 8.62. The summed E-state index contributed by atoms with van der Waals surface area (Å²) in [5.74, 6) is 0.775. The van der Waals surface area contributed by atoms with Gasteiger partial charge in [0.05, 0.1) is 5.69 Å². The van der Waals surface area contributed by atoms with Gasteiger partial charge < -0.3 is 0 Å². The van der Waals surface area contributed by atoms with Crippen LogP contribution in [0, 0.1) is 6.92 Å². The van der Waals surface area contributed by atoms with E-state index in [0.717, 1.165) is 17.1 Å². The van der Waals surface area contributed by atoms with Gasteiger partial charge in [-0.1, -0.05) is 26.5 Å². The Morgan fingerprint density at radius 3 is 2.31 bits per heavy atom. The Kier molecular flexibility index (Phi) is 4.74. The molecule has 0 saturated heterocycles. The van der Waals surface area contributed by atoms with E-state index in [-0.39, 0.29) is 0 Å². The molecule has 13 heavy (non-hydrogen) atoms. The van der Waals surface area contributed by atoms with E-state index < -0.39 is 0 Å². The monoisotopic (exact) mass is 179 g/mol. The van der Waals surface area contributed by atoms with Gasteiger partial charge in [0, 0.05) is 12.6 Å². The fourth-order valence-corrected chi connectivity index (χ4v) is 1.09. The van der Waals surface area contributed by atoms with Crippen molar-refractivity contribution in [3.8, 4) is 0 Å². The molecule has 0 spiro atoms. The van der Waals surface area contributed by atoms with Crippen LogP contribution >= 0.6 is 0 Å². The molecule has 3 heteroatoms. The Morgan fingerprint density at radius 2 is 2.00 bits per heavy atom. The van der Waals surface area contributed by atoms with Crippen LogP contribution in [0.3, 0.4) is 0 Å². The minimum Gasteiger partial charge on any atom is -0.250 e. The first-order chi connectivity index (χ1) is 6.20. The Labute approximate surface area is 79.8 Å². The highest BCUT2D eigenvalue weighted by molar-refractivity contribution is 5.63. The Balaban J connectivity index is 0.000000671. The molecular formula is C10H17N3. The summed E-state index contributed by atoms with van der Waals surface area (Å²) in [4.78, 5) is 3.84. The first kappa shape index (κ1) is 11.6. The predicted octanol–water partition coefficient (Wildman–Crippen LogP) is 2.73. The molecule has 0 aliphatic rings. The molecule has 1 aromatic heterocycles. The molecule has 0 atom stereocenters. The molecule has 0 fully saturated rings. The van der Waals surface area contributed by atoms with Gasteiger partial charge in [0.1, 0.15) is 0 Å². The van der Waals surface area contributed by atoms with E-state index in [9.17, 15) is 0 Å². The van der Waals surface area contributed by atoms with E-state index in [4.69, 9.17) is 0 Å². The third-order valence-electron chi connectivity index (χ3n) is 1.59. The van der Waals surface area contributed by atoms with Crippen LogP contribution in [0.4, 0.5) is 5.82 Å². The second kappa shape index (κ2) is 5.30. The highest BCUT2D eigenvalue weighted by atomic mass is 15.3. The third-order valence-corrected chi connectivity index (χ3v) is 1.59. The molecular weight excluding hydrogens is 162 g/mol. The molecule has 0 aliphatic heterocycles. The van der Waals surface area contributed by atoms with E-state index in [1.807, 2.05) is 27.8 Å². The van der Waals surface area contributed by atoms with E-state index in [1.165, 1.54) is 0 Å².